The van der Waals surface area contributed by atoms with E-state index in [1.807, 2.05) is 29.2 Å². The molecule has 110 valence electrons. The van der Waals surface area contributed by atoms with Crippen molar-refractivity contribution in [1.29, 1.82) is 0 Å². The zero-order valence-corrected chi connectivity index (χ0v) is 12.1. The van der Waals surface area contributed by atoms with Crippen LogP contribution < -0.4 is 0 Å². The fourth-order valence-corrected chi connectivity index (χ4v) is 3.01. The van der Waals surface area contributed by atoms with Gasteiger partial charge < -0.3 is 9.88 Å². The molecule has 3 heterocycles. The molecule has 1 atom stereocenters. The van der Waals surface area contributed by atoms with Crippen LogP contribution >= 0.6 is 0 Å². The minimum Gasteiger partial charge on any atom is -0.342 e. The molecule has 1 unspecified atom stereocenters. The number of benzene rings is 1. The van der Waals surface area contributed by atoms with Crippen LogP contribution in [-0.4, -0.2) is 38.8 Å². The number of hydrogen-bond acceptors (Lipinski definition) is 3. The zero-order valence-electron chi connectivity index (χ0n) is 12.1. The predicted molar refractivity (Wildman–Crippen MR) is 83.6 cm³/mol. The van der Waals surface area contributed by atoms with Gasteiger partial charge in [0.1, 0.15) is 5.82 Å². The summed E-state index contributed by atoms with van der Waals surface area (Å²) in [4.78, 5) is 26.4. The number of likely N-dealkylation sites (tertiary alicyclic amines) is 1. The van der Waals surface area contributed by atoms with E-state index in [9.17, 15) is 4.79 Å². The second kappa shape index (κ2) is 5.26. The number of nitrogens with zero attached hydrogens (tertiary/aromatic N) is 3. The Morgan fingerprint density at radius 2 is 2.00 bits per heavy atom. The van der Waals surface area contributed by atoms with Gasteiger partial charge in [-0.3, -0.25) is 9.78 Å². The number of amides is 1. The van der Waals surface area contributed by atoms with Crippen molar-refractivity contribution in [2.75, 3.05) is 13.1 Å². The van der Waals surface area contributed by atoms with Gasteiger partial charge in [0.15, 0.2) is 0 Å². The predicted octanol–water partition coefficient (Wildman–Crippen LogP) is 2.59. The minimum atomic E-state index is 0.0704. The van der Waals surface area contributed by atoms with Crippen molar-refractivity contribution in [2.45, 2.75) is 12.3 Å². The normalized spacial score (nSPS) is 18.0. The minimum absolute atomic E-state index is 0.0704. The number of carbonyl (C=O) groups is 1. The smallest absolute Gasteiger partial charge is 0.253 e. The van der Waals surface area contributed by atoms with Gasteiger partial charge in [0.2, 0.25) is 0 Å². The van der Waals surface area contributed by atoms with E-state index in [1.54, 1.807) is 24.5 Å². The number of hydrogen-bond donors (Lipinski definition) is 1. The highest BCUT2D eigenvalue weighted by Crippen LogP contribution is 2.27. The molecule has 0 bridgehead atoms. The van der Waals surface area contributed by atoms with Crippen LogP contribution in [0.2, 0.25) is 0 Å². The van der Waals surface area contributed by atoms with Crippen molar-refractivity contribution in [1.82, 2.24) is 19.9 Å². The van der Waals surface area contributed by atoms with Crippen LogP contribution in [-0.2, 0) is 0 Å². The summed E-state index contributed by atoms with van der Waals surface area (Å²) in [5.74, 6) is 1.32. The Bertz CT molecular complexity index is 779. The van der Waals surface area contributed by atoms with Crippen LogP contribution in [0.25, 0.3) is 11.0 Å². The standard InChI is InChI=1S/C17H16N4O/c22-17(12-5-8-18-9-6-12)21-10-7-13(11-21)16-19-14-3-1-2-4-15(14)20-16/h1-6,8-9,13H,7,10-11H2,(H,19,20). The molecule has 1 amide bonds. The molecule has 1 fully saturated rings. The summed E-state index contributed by atoms with van der Waals surface area (Å²) in [6.07, 6.45) is 4.25. The van der Waals surface area contributed by atoms with E-state index in [2.05, 4.69) is 15.0 Å². The molecule has 5 nitrogen and oxygen atoms in total. The van der Waals surface area contributed by atoms with Gasteiger partial charge in [-0.25, -0.2) is 4.98 Å². The Morgan fingerprint density at radius 3 is 2.82 bits per heavy atom. The van der Waals surface area contributed by atoms with Crippen molar-refractivity contribution < 1.29 is 4.79 Å². The van der Waals surface area contributed by atoms with E-state index in [0.717, 1.165) is 29.8 Å². The van der Waals surface area contributed by atoms with E-state index in [4.69, 9.17) is 0 Å². The lowest BCUT2D eigenvalue weighted by atomic mass is 10.1. The Balaban J connectivity index is 1.53. The fraction of sp³-hybridized carbons (Fsp3) is 0.235. The second-order valence-electron chi connectivity index (χ2n) is 5.61. The molecule has 0 aliphatic carbocycles. The second-order valence-corrected chi connectivity index (χ2v) is 5.61. The number of nitrogens with one attached hydrogen (secondary N) is 1. The van der Waals surface area contributed by atoms with Crippen molar-refractivity contribution in [2.24, 2.45) is 0 Å². The summed E-state index contributed by atoms with van der Waals surface area (Å²) in [5, 5.41) is 0. The number of imidazole rings is 1. The summed E-state index contributed by atoms with van der Waals surface area (Å²) in [6, 6.07) is 11.5. The maximum absolute atomic E-state index is 12.5. The number of aromatic nitrogens is 3. The molecule has 0 radical (unpaired) electrons. The number of carbonyl (C=O) groups excluding carboxylic acids is 1. The van der Waals surface area contributed by atoms with E-state index in [-0.39, 0.29) is 11.8 Å². The van der Waals surface area contributed by atoms with Crippen molar-refractivity contribution >= 4 is 16.9 Å². The molecule has 22 heavy (non-hydrogen) atoms. The van der Waals surface area contributed by atoms with E-state index in [0.29, 0.717) is 12.1 Å². The third-order valence-corrected chi connectivity index (χ3v) is 4.20. The first-order valence-electron chi connectivity index (χ1n) is 7.45. The largest absolute Gasteiger partial charge is 0.342 e. The SMILES string of the molecule is O=C(c1ccncc1)N1CCC(c2nc3ccccc3[nH]2)C1. The molecular formula is C17H16N4O. The highest BCUT2D eigenvalue weighted by Gasteiger charge is 2.29. The summed E-state index contributed by atoms with van der Waals surface area (Å²) in [5.41, 5.74) is 2.73. The van der Waals surface area contributed by atoms with Gasteiger partial charge in [-0.05, 0) is 30.7 Å². The number of H-pyrrole nitrogens is 1. The highest BCUT2D eigenvalue weighted by atomic mass is 16.2. The lowest BCUT2D eigenvalue weighted by Gasteiger charge is -2.15. The molecule has 1 aromatic carbocycles. The first-order chi connectivity index (χ1) is 10.8. The Hall–Kier alpha value is -2.69. The van der Waals surface area contributed by atoms with Gasteiger partial charge in [0, 0.05) is 37.0 Å². The van der Waals surface area contributed by atoms with Crippen LogP contribution in [0.4, 0.5) is 0 Å². The molecule has 1 aliphatic rings. The quantitative estimate of drug-likeness (QED) is 0.789. The van der Waals surface area contributed by atoms with Gasteiger partial charge in [-0.2, -0.15) is 0 Å². The maximum atomic E-state index is 12.5. The van der Waals surface area contributed by atoms with Crippen LogP contribution in [0.5, 0.6) is 0 Å². The number of para-hydroxylation sites is 2. The lowest BCUT2D eigenvalue weighted by Crippen LogP contribution is -2.28. The van der Waals surface area contributed by atoms with Crippen LogP contribution in [0.3, 0.4) is 0 Å². The first-order valence-corrected chi connectivity index (χ1v) is 7.45. The van der Waals surface area contributed by atoms with E-state index >= 15 is 0 Å². The number of rotatable bonds is 2. The highest BCUT2D eigenvalue weighted by molar-refractivity contribution is 5.94. The van der Waals surface area contributed by atoms with Gasteiger partial charge >= 0.3 is 0 Å². The number of pyridine rings is 1. The first kappa shape index (κ1) is 13.0. The van der Waals surface area contributed by atoms with E-state index < -0.39 is 0 Å². The molecule has 3 aromatic rings. The van der Waals surface area contributed by atoms with Gasteiger partial charge in [-0.1, -0.05) is 12.1 Å². The molecule has 4 rings (SSSR count). The number of aromatic amines is 1. The Morgan fingerprint density at radius 1 is 1.18 bits per heavy atom. The molecular weight excluding hydrogens is 276 g/mol. The monoisotopic (exact) mass is 292 g/mol. The lowest BCUT2D eigenvalue weighted by molar-refractivity contribution is 0.0790. The van der Waals surface area contributed by atoms with E-state index in [1.165, 1.54) is 0 Å². The molecule has 5 heteroatoms. The zero-order chi connectivity index (χ0) is 14.9. The summed E-state index contributed by atoms with van der Waals surface area (Å²) >= 11 is 0. The van der Waals surface area contributed by atoms with Crippen molar-refractivity contribution in [3.63, 3.8) is 0 Å². The third kappa shape index (κ3) is 2.24. The fourth-order valence-electron chi connectivity index (χ4n) is 3.01. The molecule has 1 aliphatic heterocycles. The van der Waals surface area contributed by atoms with Crippen LogP contribution in [0.15, 0.2) is 48.8 Å². The van der Waals surface area contributed by atoms with Crippen LogP contribution in [0, 0.1) is 0 Å². The Kier molecular flexibility index (Phi) is 3.11. The third-order valence-electron chi connectivity index (χ3n) is 4.20. The van der Waals surface area contributed by atoms with Gasteiger partial charge in [-0.15, -0.1) is 0 Å². The Labute approximate surface area is 128 Å². The van der Waals surface area contributed by atoms with Gasteiger partial charge in [0.25, 0.3) is 5.91 Å². The maximum Gasteiger partial charge on any atom is 0.253 e. The summed E-state index contributed by atoms with van der Waals surface area (Å²) < 4.78 is 0. The van der Waals surface area contributed by atoms with Gasteiger partial charge in [0.05, 0.1) is 11.0 Å². The number of fused-ring (bicyclic) bond motifs is 1. The molecule has 2 aromatic heterocycles. The average Bonchev–Trinajstić information content (AvgIpc) is 3.21. The molecule has 0 spiro atoms. The van der Waals surface area contributed by atoms with Crippen molar-refractivity contribution in [3.05, 3.63) is 60.2 Å². The van der Waals surface area contributed by atoms with Crippen LogP contribution in [0.1, 0.15) is 28.5 Å². The molecule has 1 N–H and O–H groups in total. The topological polar surface area (TPSA) is 61.9 Å². The molecule has 1 saturated heterocycles. The summed E-state index contributed by atoms with van der Waals surface area (Å²) in [6.45, 7) is 1.48. The molecule has 0 saturated carbocycles. The van der Waals surface area contributed by atoms with Crippen molar-refractivity contribution in [3.8, 4) is 0 Å². The average molecular weight is 292 g/mol. The summed E-state index contributed by atoms with van der Waals surface area (Å²) in [7, 11) is 0.